The van der Waals surface area contributed by atoms with Gasteiger partial charge in [0.25, 0.3) is 0 Å². The second kappa shape index (κ2) is 10.3. The van der Waals surface area contributed by atoms with Crippen LogP contribution in [0.4, 0.5) is 11.4 Å². The summed E-state index contributed by atoms with van der Waals surface area (Å²) in [7, 11) is 0. The molecule has 0 spiro atoms. The lowest BCUT2D eigenvalue weighted by Crippen LogP contribution is -2.19. The van der Waals surface area contributed by atoms with Gasteiger partial charge in [0.15, 0.2) is 0 Å². The molecule has 230 valence electrons. The highest BCUT2D eigenvalue weighted by molar-refractivity contribution is 6.04. The minimum atomic E-state index is -0.142. The highest BCUT2D eigenvalue weighted by atomic mass is 15.1. The van der Waals surface area contributed by atoms with Gasteiger partial charge >= 0.3 is 0 Å². The van der Waals surface area contributed by atoms with Gasteiger partial charge < -0.3 is 4.90 Å². The molecule has 0 heterocycles. The van der Waals surface area contributed by atoms with Gasteiger partial charge in [-0.05, 0) is 116 Å². The lowest BCUT2D eigenvalue weighted by Gasteiger charge is -2.30. The molecule has 6 aromatic rings. The van der Waals surface area contributed by atoms with Gasteiger partial charge in [-0.3, -0.25) is 0 Å². The first-order valence-corrected chi connectivity index (χ1v) is 17.4. The fourth-order valence-corrected chi connectivity index (χ4v) is 8.93. The van der Waals surface area contributed by atoms with Crippen LogP contribution < -0.4 is 4.90 Å². The van der Waals surface area contributed by atoms with Crippen LogP contribution in [0.1, 0.15) is 66.8 Å². The van der Waals surface area contributed by atoms with Gasteiger partial charge in [0.05, 0.1) is 5.69 Å². The number of benzene rings is 6. The minimum absolute atomic E-state index is 0.142. The highest BCUT2D eigenvalue weighted by Crippen LogP contribution is 2.52. The van der Waals surface area contributed by atoms with Crippen LogP contribution in [0.5, 0.6) is 0 Å². The fourth-order valence-electron chi connectivity index (χ4n) is 8.93. The predicted octanol–water partition coefficient (Wildman–Crippen LogP) is 12.9. The third-order valence-electron chi connectivity index (χ3n) is 11.3. The topological polar surface area (TPSA) is 3.24 Å². The maximum atomic E-state index is 2.48. The molecule has 1 unspecified atom stereocenters. The van der Waals surface area contributed by atoms with E-state index >= 15 is 0 Å². The summed E-state index contributed by atoms with van der Waals surface area (Å²) in [6, 6.07) is 39.1. The number of nitrogens with zero attached hydrogens (tertiary/aromatic N) is 1. The van der Waals surface area contributed by atoms with E-state index in [0.29, 0.717) is 5.92 Å². The van der Waals surface area contributed by atoms with Gasteiger partial charge in [-0.15, -0.1) is 0 Å². The van der Waals surface area contributed by atoms with Crippen LogP contribution in [0.3, 0.4) is 0 Å². The average Bonchev–Trinajstić information content (AvgIpc) is 3.36. The first-order chi connectivity index (χ1) is 23.6. The van der Waals surface area contributed by atoms with Crippen molar-refractivity contribution in [2.45, 2.75) is 44.4 Å². The van der Waals surface area contributed by atoms with Crippen molar-refractivity contribution in [1.29, 1.82) is 0 Å². The molecule has 1 atom stereocenters. The van der Waals surface area contributed by atoms with Crippen molar-refractivity contribution in [3.05, 3.63) is 167 Å². The quantitative estimate of drug-likeness (QED) is 0.191. The Hall–Kier alpha value is -5.40. The van der Waals surface area contributed by atoms with Crippen LogP contribution in [0.15, 0.2) is 139 Å². The van der Waals surface area contributed by atoms with Gasteiger partial charge in [0, 0.05) is 28.1 Å². The van der Waals surface area contributed by atoms with Gasteiger partial charge in [-0.25, -0.2) is 0 Å². The van der Waals surface area contributed by atoms with E-state index in [-0.39, 0.29) is 5.41 Å². The first-order valence-electron chi connectivity index (χ1n) is 17.4. The second-order valence-corrected chi connectivity index (χ2v) is 14.4. The molecular formula is C47H37N. The van der Waals surface area contributed by atoms with Crippen LogP contribution in [-0.2, 0) is 5.41 Å². The number of fused-ring (bicyclic) bond motifs is 4. The Morgan fingerprint density at radius 2 is 1.48 bits per heavy atom. The molecule has 4 aliphatic rings. The van der Waals surface area contributed by atoms with Crippen LogP contribution >= 0.6 is 0 Å². The second-order valence-electron chi connectivity index (χ2n) is 14.4. The summed E-state index contributed by atoms with van der Waals surface area (Å²) in [6.45, 7) is 4.82. The van der Waals surface area contributed by atoms with Gasteiger partial charge in [-0.1, -0.05) is 129 Å². The molecule has 0 aliphatic heterocycles. The fraction of sp³-hybridized carbons (Fsp3) is 0.149. The Morgan fingerprint density at radius 1 is 0.667 bits per heavy atom. The number of hydrogen-bond acceptors (Lipinski definition) is 1. The lowest BCUT2D eigenvalue weighted by molar-refractivity contribution is 0.660. The molecule has 0 amide bonds. The minimum Gasteiger partial charge on any atom is -0.310 e. The summed E-state index contributed by atoms with van der Waals surface area (Å²) in [5, 5.41) is 5.31. The highest BCUT2D eigenvalue weighted by Gasteiger charge is 2.37. The van der Waals surface area contributed by atoms with Crippen LogP contribution in [0.2, 0.25) is 0 Å². The van der Waals surface area contributed by atoms with E-state index in [4.69, 9.17) is 0 Å². The standard InChI is InChI=1S/C47H37N/c1-47(2)42-28-34(37-24-20-33-19-18-31-12-8-13-32-21-26-41(37)46(33)45(31)32)22-25-39(42)40-27-23-36(29-43(40)47)48(35-14-4-3-5-15-35)44-17-9-11-30-10-6-7-16-38(30)44/h4,6-12,14-29,32H,3,5,13H2,1-2H3. The van der Waals surface area contributed by atoms with Crippen LogP contribution in [0.25, 0.3) is 56.0 Å². The Bertz CT molecular complexity index is 2460. The summed E-state index contributed by atoms with van der Waals surface area (Å²) in [6.07, 6.45) is 19.7. The third-order valence-corrected chi connectivity index (χ3v) is 11.3. The monoisotopic (exact) mass is 615 g/mol. The van der Waals surface area contributed by atoms with Crippen LogP contribution in [-0.4, -0.2) is 0 Å². The molecule has 0 radical (unpaired) electrons. The number of hydrogen-bond donors (Lipinski definition) is 0. The van der Waals surface area contributed by atoms with E-state index in [9.17, 15) is 0 Å². The predicted molar refractivity (Wildman–Crippen MR) is 205 cm³/mol. The molecule has 0 saturated carbocycles. The molecule has 0 N–H and O–H groups in total. The van der Waals surface area contributed by atoms with E-state index in [1.165, 1.54) is 88.7 Å². The average molecular weight is 616 g/mol. The largest absolute Gasteiger partial charge is 0.310 e. The summed E-state index contributed by atoms with van der Waals surface area (Å²) in [5.41, 5.74) is 15.9. The van der Waals surface area contributed by atoms with Crippen molar-refractivity contribution >= 4 is 45.1 Å². The number of rotatable bonds is 4. The number of allylic oxidation sites excluding steroid dienone is 5. The first kappa shape index (κ1) is 27.7. The Balaban J connectivity index is 1.10. The summed E-state index contributed by atoms with van der Waals surface area (Å²) in [4.78, 5) is 2.47. The van der Waals surface area contributed by atoms with Crippen molar-refractivity contribution in [2.24, 2.45) is 0 Å². The Kier molecular flexibility index (Phi) is 5.94. The molecule has 10 rings (SSSR count). The van der Waals surface area contributed by atoms with E-state index in [1.807, 2.05) is 0 Å². The van der Waals surface area contributed by atoms with Gasteiger partial charge in [0.1, 0.15) is 0 Å². The molecule has 0 bridgehead atoms. The van der Waals surface area contributed by atoms with E-state index in [1.54, 1.807) is 0 Å². The summed E-state index contributed by atoms with van der Waals surface area (Å²) >= 11 is 0. The zero-order valence-corrected chi connectivity index (χ0v) is 27.5. The zero-order chi connectivity index (χ0) is 32.0. The molecule has 0 fully saturated rings. The van der Waals surface area contributed by atoms with E-state index in [0.717, 1.165) is 19.3 Å². The summed E-state index contributed by atoms with van der Waals surface area (Å²) in [5.74, 6) is 0.479. The van der Waals surface area contributed by atoms with Crippen molar-refractivity contribution in [3.8, 4) is 22.3 Å². The van der Waals surface area contributed by atoms with Crippen molar-refractivity contribution < 1.29 is 0 Å². The van der Waals surface area contributed by atoms with Gasteiger partial charge in [0.2, 0.25) is 0 Å². The zero-order valence-electron chi connectivity index (χ0n) is 27.5. The van der Waals surface area contributed by atoms with Crippen LogP contribution in [0, 0.1) is 0 Å². The number of anilines is 2. The van der Waals surface area contributed by atoms with E-state index in [2.05, 4.69) is 164 Å². The molecule has 4 aliphatic carbocycles. The smallest absolute Gasteiger partial charge is 0.0539 e. The molecular weight excluding hydrogens is 579 g/mol. The molecule has 1 heteroatoms. The molecule has 6 aromatic carbocycles. The summed E-state index contributed by atoms with van der Waals surface area (Å²) < 4.78 is 0. The molecule has 1 nitrogen and oxygen atoms in total. The van der Waals surface area contributed by atoms with Gasteiger partial charge in [-0.2, -0.15) is 0 Å². The normalized spacial score (nSPS) is 17.8. The van der Waals surface area contributed by atoms with Crippen molar-refractivity contribution in [3.63, 3.8) is 0 Å². The molecule has 48 heavy (non-hydrogen) atoms. The SMILES string of the molecule is CC1(C)c2cc(-c3ccc4ccc5c6c4c3C=CC6CC=C5)ccc2-c2ccc(N(C3=CCCC=C3)c3cccc4ccccc34)cc21. The lowest BCUT2D eigenvalue weighted by atomic mass is 9.76. The maximum absolute atomic E-state index is 2.48. The van der Waals surface area contributed by atoms with Crippen molar-refractivity contribution in [2.75, 3.05) is 4.90 Å². The Morgan fingerprint density at radius 3 is 2.38 bits per heavy atom. The van der Waals surface area contributed by atoms with Crippen molar-refractivity contribution in [1.82, 2.24) is 0 Å². The molecule has 0 aromatic heterocycles. The third kappa shape index (κ3) is 3.97. The maximum Gasteiger partial charge on any atom is 0.0539 e. The molecule has 0 saturated heterocycles. The van der Waals surface area contributed by atoms with E-state index < -0.39 is 0 Å². The Labute approximate surface area is 282 Å².